The van der Waals surface area contributed by atoms with Crippen molar-refractivity contribution in [2.75, 3.05) is 13.1 Å². The molecule has 108 valence electrons. The number of nitrogens with zero attached hydrogens (tertiary/aromatic N) is 1. The van der Waals surface area contributed by atoms with Gasteiger partial charge < -0.3 is 14.6 Å². The van der Waals surface area contributed by atoms with Gasteiger partial charge in [0.2, 0.25) is 0 Å². The summed E-state index contributed by atoms with van der Waals surface area (Å²) in [4.78, 5) is 4.24. The number of rotatable bonds is 2. The van der Waals surface area contributed by atoms with E-state index < -0.39 is 0 Å². The van der Waals surface area contributed by atoms with Crippen LogP contribution in [-0.4, -0.2) is 36.4 Å². The molecule has 1 aromatic rings. The summed E-state index contributed by atoms with van der Waals surface area (Å²) in [7, 11) is -0.153. The third-order valence-electron chi connectivity index (χ3n) is 4.99. The second-order valence-corrected chi connectivity index (χ2v) is 6.84. The van der Waals surface area contributed by atoms with Crippen LogP contribution in [0.1, 0.15) is 39.2 Å². The molecule has 2 unspecified atom stereocenters. The van der Waals surface area contributed by atoms with Crippen molar-refractivity contribution in [3.8, 4) is 0 Å². The van der Waals surface area contributed by atoms with Gasteiger partial charge in [0.05, 0.1) is 11.2 Å². The van der Waals surface area contributed by atoms with Crippen LogP contribution in [0.25, 0.3) is 0 Å². The van der Waals surface area contributed by atoms with Crippen molar-refractivity contribution in [3.63, 3.8) is 0 Å². The molecular formula is C15H23BN2O2. The highest BCUT2D eigenvalue weighted by molar-refractivity contribution is 6.48. The summed E-state index contributed by atoms with van der Waals surface area (Å²) in [6.07, 6.45) is 3.77. The molecule has 3 heterocycles. The first kappa shape index (κ1) is 14.0. The highest BCUT2D eigenvalue weighted by Crippen LogP contribution is 2.44. The Morgan fingerprint density at radius 3 is 2.50 bits per heavy atom. The van der Waals surface area contributed by atoms with Gasteiger partial charge in [-0.1, -0.05) is 6.07 Å². The van der Waals surface area contributed by atoms with Gasteiger partial charge in [0.25, 0.3) is 0 Å². The maximum Gasteiger partial charge on any atom is 0.463 e. The predicted octanol–water partition coefficient (Wildman–Crippen LogP) is 2.23. The highest BCUT2D eigenvalue weighted by atomic mass is 16.7. The minimum absolute atomic E-state index is 0.153. The molecule has 2 aliphatic rings. The monoisotopic (exact) mass is 274 g/mol. The van der Waals surface area contributed by atoms with Crippen LogP contribution >= 0.6 is 0 Å². The van der Waals surface area contributed by atoms with E-state index in [0.717, 1.165) is 13.1 Å². The molecule has 3 rings (SSSR count). The molecule has 20 heavy (non-hydrogen) atoms. The van der Waals surface area contributed by atoms with Crippen LogP contribution < -0.4 is 5.32 Å². The first-order chi connectivity index (χ1) is 9.41. The summed E-state index contributed by atoms with van der Waals surface area (Å²) in [5.41, 5.74) is 0.733. The lowest BCUT2D eigenvalue weighted by Gasteiger charge is -2.32. The zero-order valence-electron chi connectivity index (χ0n) is 12.7. The second kappa shape index (κ2) is 4.83. The quantitative estimate of drug-likeness (QED) is 0.840. The van der Waals surface area contributed by atoms with E-state index in [-0.39, 0.29) is 18.3 Å². The van der Waals surface area contributed by atoms with Crippen molar-refractivity contribution in [2.45, 2.75) is 50.6 Å². The van der Waals surface area contributed by atoms with Crippen molar-refractivity contribution in [1.82, 2.24) is 10.3 Å². The SMILES string of the molecule is CC1(C)OB(C2CNCC2c2cccnc2)OC1(C)C. The first-order valence-electron chi connectivity index (χ1n) is 7.37. The van der Waals surface area contributed by atoms with Crippen molar-refractivity contribution < 1.29 is 9.31 Å². The smallest absolute Gasteiger partial charge is 0.403 e. The second-order valence-electron chi connectivity index (χ2n) is 6.84. The van der Waals surface area contributed by atoms with Crippen LogP contribution in [0, 0.1) is 0 Å². The average Bonchev–Trinajstić information content (AvgIpc) is 2.94. The van der Waals surface area contributed by atoms with Crippen LogP contribution in [0.2, 0.25) is 5.82 Å². The molecule has 0 saturated carbocycles. The van der Waals surface area contributed by atoms with E-state index in [1.54, 1.807) is 0 Å². The van der Waals surface area contributed by atoms with Gasteiger partial charge in [-0.15, -0.1) is 0 Å². The minimum Gasteiger partial charge on any atom is -0.403 e. The summed E-state index contributed by atoms with van der Waals surface area (Å²) in [5, 5.41) is 3.46. The van der Waals surface area contributed by atoms with Gasteiger partial charge in [-0.3, -0.25) is 4.98 Å². The van der Waals surface area contributed by atoms with Crippen LogP contribution in [-0.2, 0) is 9.31 Å². The fourth-order valence-corrected chi connectivity index (χ4v) is 3.01. The molecule has 0 aromatic carbocycles. The molecule has 2 atom stereocenters. The Labute approximate surface area is 121 Å². The van der Waals surface area contributed by atoms with Gasteiger partial charge in [0, 0.05) is 30.7 Å². The van der Waals surface area contributed by atoms with Gasteiger partial charge in [-0.25, -0.2) is 0 Å². The van der Waals surface area contributed by atoms with Gasteiger partial charge in [-0.05, 0) is 45.9 Å². The normalized spacial score (nSPS) is 31.7. The molecule has 2 fully saturated rings. The molecule has 0 spiro atoms. The maximum atomic E-state index is 6.22. The molecule has 0 aliphatic carbocycles. The maximum absolute atomic E-state index is 6.22. The van der Waals surface area contributed by atoms with Crippen molar-refractivity contribution in [3.05, 3.63) is 30.1 Å². The Kier molecular flexibility index (Phi) is 3.39. The molecule has 0 radical (unpaired) electrons. The largest absolute Gasteiger partial charge is 0.463 e. The van der Waals surface area contributed by atoms with Crippen LogP contribution in [0.15, 0.2) is 24.5 Å². The lowest BCUT2D eigenvalue weighted by atomic mass is 9.65. The van der Waals surface area contributed by atoms with E-state index in [4.69, 9.17) is 9.31 Å². The summed E-state index contributed by atoms with van der Waals surface area (Å²) < 4.78 is 12.4. The third kappa shape index (κ3) is 2.28. The van der Waals surface area contributed by atoms with E-state index in [9.17, 15) is 0 Å². The molecule has 2 aliphatic heterocycles. The summed E-state index contributed by atoms with van der Waals surface area (Å²) in [6.45, 7) is 10.3. The Hall–Kier alpha value is -0.905. The molecule has 4 nitrogen and oxygen atoms in total. The number of hydrogen-bond acceptors (Lipinski definition) is 4. The van der Waals surface area contributed by atoms with Crippen LogP contribution in [0.5, 0.6) is 0 Å². The summed E-state index contributed by atoms with van der Waals surface area (Å²) in [6, 6.07) is 4.14. The fourth-order valence-electron chi connectivity index (χ4n) is 3.01. The molecule has 1 N–H and O–H groups in total. The highest BCUT2D eigenvalue weighted by Gasteiger charge is 2.55. The molecule has 2 saturated heterocycles. The number of hydrogen-bond donors (Lipinski definition) is 1. The standard InChI is InChI=1S/C15H23BN2O2/c1-14(2)15(3,4)20-16(19-14)13-10-18-9-12(13)11-6-5-7-17-8-11/h5-8,12-13,18H,9-10H2,1-4H3. The predicted molar refractivity (Wildman–Crippen MR) is 79.7 cm³/mol. The molecule has 0 bridgehead atoms. The molecule has 5 heteroatoms. The van der Waals surface area contributed by atoms with Gasteiger partial charge in [-0.2, -0.15) is 0 Å². The third-order valence-corrected chi connectivity index (χ3v) is 4.99. The van der Waals surface area contributed by atoms with Crippen molar-refractivity contribution in [2.24, 2.45) is 0 Å². The Bertz CT molecular complexity index is 462. The lowest BCUT2D eigenvalue weighted by Crippen LogP contribution is -2.41. The van der Waals surface area contributed by atoms with E-state index in [0.29, 0.717) is 11.7 Å². The van der Waals surface area contributed by atoms with Crippen LogP contribution in [0.4, 0.5) is 0 Å². The lowest BCUT2D eigenvalue weighted by molar-refractivity contribution is 0.00578. The zero-order chi connectivity index (χ0) is 14.4. The number of nitrogens with one attached hydrogen (secondary N) is 1. The Morgan fingerprint density at radius 2 is 1.90 bits per heavy atom. The van der Waals surface area contributed by atoms with Gasteiger partial charge >= 0.3 is 7.12 Å². The van der Waals surface area contributed by atoms with E-state index >= 15 is 0 Å². The van der Waals surface area contributed by atoms with Gasteiger partial charge in [0.1, 0.15) is 0 Å². The van der Waals surface area contributed by atoms with E-state index in [2.05, 4.69) is 44.1 Å². The van der Waals surface area contributed by atoms with Crippen LogP contribution in [0.3, 0.4) is 0 Å². The minimum atomic E-state index is -0.264. The topological polar surface area (TPSA) is 43.4 Å². The van der Waals surface area contributed by atoms with Crippen molar-refractivity contribution in [1.29, 1.82) is 0 Å². The van der Waals surface area contributed by atoms with Gasteiger partial charge in [0.15, 0.2) is 0 Å². The number of aromatic nitrogens is 1. The summed E-state index contributed by atoms with van der Waals surface area (Å²) >= 11 is 0. The average molecular weight is 274 g/mol. The molecular weight excluding hydrogens is 251 g/mol. The van der Waals surface area contributed by atoms with E-state index in [1.807, 2.05) is 18.5 Å². The zero-order valence-corrected chi connectivity index (χ0v) is 12.7. The van der Waals surface area contributed by atoms with Crippen molar-refractivity contribution >= 4 is 7.12 Å². The Balaban J connectivity index is 1.81. The van der Waals surface area contributed by atoms with E-state index in [1.165, 1.54) is 5.56 Å². The molecule has 0 amide bonds. The first-order valence-corrected chi connectivity index (χ1v) is 7.37. The number of pyridine rings is 1. The molecule has 1 aromatic heterocycles. The Morgan fingerprint density at radius 1 is 1.20 bits per heavy atom. The summed E-state index contributed by atoms with van der Waals surface area (Å²) in [5.74, 6) is 0.735. The fraction of sp³-hybridized carbons (Fsp3) is 0.667.